The molecule has 1 aromatic carbocycles. The van der Waals surface area contributed by atoms with Crippen LogP contribution < -0.4 is 10.1 Å². The van der Waals surface area contributed by atoms with Crippen molar-refractivity contribution in [3.63, 3.8) is 0 Å². The van der Waals surface area contributed by atoms with E-state index in [0.717, 1.165) is 79.8 Å². The van der Waals surface area contributed by atoms with Gasteiger partial charge in [-0.3, -0.25) is 9.59 Å². The Kier molecular flexibility index (Phi) is 13.3. The highest BCUT2D eigenvalue weighted by molar-refractivity contribution is 5.93. The SMILES string of the molecule is CCN(CC)CCCCCCC(=O)Oc1cc(C)c(NC(=O)C[N+](CC)(CC)CC)c(C)c1. The van der Waals surface area contributed by atoms with Gasteiger partial charge in [0.05, 0.1) is 19.6 Å². The van der Waals surface area contributed by atoms with Crippen LogP contribution in [0.15, 0.2) is 12.1 Å². The first-order valence-electron chi connectivity index (χ1n) is 12.9. The number of anilines is 1. The van der Waals surface area contributed by atoms with E-state index in [0.29, 0.717) is 18.7 Å². The van der Waals surface area contributed by atoms with Gasteiger partial charge in [0, 0.05) is 12.1 Å². The molecule has 6 heteroatoms. The van der Waals surface area contributed by atoms with Crippen molar-refractivity contribution in [2.24, 2.45) is 0 Å². The van der Waals surface area contributed by atoms with Crippen LogP contribution in [0.4, 0.5) is 5.69 Å². The molecule has 6 nitrogen and oxygen atoms in total. The Hall–Kier alpha value is -1.92. The summed E-state index contributed by atoms with van der Waals surface area (Å²) in [7, 11) is 0. The largest absolute Gasteiger partial charge is 0.427 e. The van der Waals surface area contributed by atoms with Crippen LogP contribution in [0, 0.1) is 13.8 Å². The Morgan fingerprint density at radius 2 is 1.42 bits per heavy atom. The maximum atomic E-state index is 12.7. The number of quaternary nitrogens is 1. The van der Waals surface area contributed by atoms with Crippen LogP contribution in [0.3, 0.4) is 0 Å². The van der Waals surface area contributed by atoms with E-state index < -0.39 is 0 Å². The Labute approximate surface area is 202 Å². The number of nitrogens with one attached hydrogen (secondary N) is 1. The van der Waals surface area contributed by atoms with E-state index in [1.165, 1.54) is 6.42 Å². The van der Waals surface area contributed by atoms with E-state index in [-0.39, 0.29) is 11.9 Å². The molecule has 1 amide bonds. The minimum atomic E-state index is -0.190. The number of aryl methyl sites for hydroxylation is 2. The predicted molar refractivity (Wildman–Crippen MR) is 138 cm³/mol. The van der Waals surface area contributed by atoms with Crippen molar-refractivity contribution in [3.05, 3.63) is 23.3 Å². The summed E-state index contributed by atoms with van der Waals surface area (Å²) in [5.41, 5.74) is 2.63. The highest BCUT2D eigenvalue weighted by atomic mass is 16.5. The average Bonchev–Trinajstić information content (AvgIpc) is 2.79. The molecule has 0 atom stereocenters. The fraction of sp³-hybridized carbons (Fsp3) is 0.704. The number of amides is 1. The first-order chi connectivity index (χ1) is 15.7. The molecule has 0 spiro atoms. The van der Waals surface area contributed by atoms with Gasteiger partial charge in [-0.1, -0.05) is 26.7 Å². The van der Waals surface area contributed by atoms with Gasteiger partial charge in [-0.2, -0.15) is 0 Å². The van der Waals surface area contributed by atoms with Gasteiger partial charge in [-0.05, 0) is 90.4 Å². The van der Waals surface area contributed by atoms with Crippen LogP contribution in [0.2, 0.25) is 0 Å². The molecule has 0 bridgehead atoms. The number of benzene rings is 1. The number of hydrogen-bond acceptors (Lipinski definition) is 4. The second kappa shape index (κ2) is 15.1. The normalized spacial score (nSPS) is 11.6. The Morgan fingerprint density at radius 1 is 0.879 bits per heavy atom. The lowest BCUT2D eigenvalue weighted by molar-refractivity contribution is -0.915. The van der Waals surface area contributed by atoms with Crippen LogP contribution in [-0.2, 0) is 9.59 Å². The second-order valence-corrected chi connectivity index (χ2v) is 9.09. The lowest BCUT2D eigenvalue weighted by Gasteiger charge is -2.35. The Bertz CT molecular complexity index is 709. The fourth-order valence-corrected chi connectivity index (χ4v) is 4.35. The molecule has 0 aliphatic carbocycles. The van der Waals surface area contributed by atoms with Crippen molar-refractivity contribution in [2.45, 2.75) is 80.6 Å². The number of unbranched alkanes of at least 4 members (excludes halogenated alkanes) is 3. The van der Waals surface area contributed by atoms with E-state index in [1.807, 2.05) is 26.0 Å². The Balaban J connectivity index is 2.55. The van der Waals surface area contributed by atoms with E-state index in [2.05, 4.69) is 44.8 Å². The minimum Gasteiger partial charge on any atom is -0.427 e. The van der Waals surface area contributed by atoms with Gasteiger partial charge >= 0.3 is 5.97 Å². The van der Waals surface area contributed by atoms with E-state index in [4.69, 9.17) is 4.74 Å². The number of rotatable bonds is 16. The molecular weight excluding hydrogens is 414 g/mol. The van der Waals surface area contributed by atoms with Gasteiger partial charge in [0.25, 0.3) is 5.91 Å². The zero-order valence-corrected chi connectivity index (χ0v) is 22.3. The van der Waals surface area contributed by atoms with Crippen LogP contribution in [-0.4, -0.2) is 67.1 Å². The first-order valence-corrected chi connectivity index (χ1v) is 12.9. The first kappa shape index (κ1) is 29.1. The maximum absolute atomic E-state index is 12.7. The van der Waals surface area contributed by atoms with E-state index in [1.54, 1.807) is 0 Å². The molecule has 1 rings (SSSR count). The Morgan fingerprint density at radius 3 is 1.94 bits per heavy atom. The standard InChI is InChI=1S/C27H47N3O3/c1-8-29(9-2)18-16-14-13-15-17-26(32)33-24-19-22(6)27(23(7)20-24)28-25(31)21-30(10-3,11-4)12-5/h19-20H,8-18,21H2,1-7H3/p+1. The van der Waals surface area contributed by atoms with Crippen LogP contribution in [0.1, 0.15) is 77.8 Å². The van der Waals surface area contributed by atoms with Crippen molar-refractivity contribution in [3.8, 4) is 5.75 Å². The number of carbonyl (C=O) groups is 2. The number of hydrogen-bond donors (Lipinski definition) is 1. The monoisotopic (exact) mass is 462 g/mol. The van der Waals surface area contributed by atoms with Gasteiger partial charge < -0.3 is 19.4 Å². The summed E-state index contributed by atoms with van der Waals surface area (Å²) >= 11 is 0. The molecule has 0 heterocycles. The molecule has 0 fully saturated rings. The summed E-state index contributed by atoms with van der Waals surface area (Å²) < 4.78 is 6.36. The third-order valence-corrected chi connectivity index (χ3v) is 6.99. The lowest BCUT2D eigenvalue weighted by atomic mass is 10.1. The maximum Gasteiger partial charge on any atom is 0.311 e. The summed E-state index contributed by atoms with van der Waals surface area (Å²) in [6.07, 6.45) is 4.66. The summed E-state index contributed by atoms with van der Waals surface area (Å²) in [5, 5.41) is 3.09. The van der Waals surface area contributed by atoms with Gasteiger partial charge in [0.2, 0.25) is 0 Å². The number of ether oxygens (including phenoxy) is 1. The molecule has 1 N–H and O–H groups in total. The van der Waals surface area contributed by atoms with Crippen molar-refractivity contribution in [1.29, 1.82) is 0 Å². The number of nitrogens with zero attached hydrogens (tertiary/aromatic N) is 2. The molecule has 188 valence electrons. The van der Waals surface area contributed by atoms with E-state index in [9.17, 15) is 9.59 Å². The van der Waals surface area contributed by atoms with Crippen LogP contribution >= 0.6 is 0 Å². The summed E-state index contributed by atoms with van der Waals surface area (Å²) in [6.45, 7) is 21.3. The number of esters is 1. The van der Waals surface area contributed by atoms with Gasteiger partial charge in [0.15, 0.2) is 6.54 Å². The molecule has 0 aromatic heterocycles. The summed E-state index contributed by atoms with van der Waals surface area (Å²) in [6, 6.07) is 3.68. The topological polar surface area (TPSA) is 58.6 Å². The molecule has 0 radical (unpaired) electrons. The van der Waals surface area contributed by atoms with Crippen LogP contribution in [0.25, 0.3) is 0 Å². The smallest absolute Gasteiger partial charge is 0.311 e. The average molecular weight is 463 g/mol. The third kappa shape index (κ3) is 9.85. The molecule has 0 aliphatic rings. The molecule has 0 saturated carbocycles. The molecule has 1 aromatic rings. The molecular formula is C27H48N3O3+. The fourth-order valence-electron chi connectivity index (χ4n) is 4.35. The quantitative estimate of drug-likeness (QED) is 0.156. The zero-order chi connectivity index (χ0) is 24.9. The van der Waals surface area contributed by atoms with Gasteiger partial charge in [-0.25, -0.2) is 0 Å². The van der Waals surface area contributed by atoms with Crippen molar-refractivity contribution >= 4 is 17.6 Å². The molecule has 0 saturated heterocycles. The third-order valence-electron chi connectivity index (χ3n) is 6.99. The van der Waals surface area contributed by atoms with Crippen molar-refractivity contribution in [1.82, 2.24) is 4.90 Å². The zero-order valence-electron chi connectivity index (χ0n) is 22.3. The molecule has 33 heavy (non-hydrogen) atoms. The predicted octanol–water partition coefficient (Wildman–Crippen LogP) is 5.32. The number of carbonyl (C=O) groups excluding carboxylic acids is 2. The molecule has 0 aliphatic heterocycles. The summed E-state index contributed by atoms with van der Waals surface area (Å²) in [4.78, 5) is 27.4. The lowest BCUT2D eigenvalue weighted by Crippen LogP contribution is -2.52. The van der Waals surface area contributed by atoms with Gasteiger partial charge in [-0.15, -0.1) is 0 Å². The second-order valence-electron chi connectivity index (χ2n) is 9.09. The van der Waals surface area contributed by atoms with Crippen LogP contribution in [0.5, 0.6) is 5.75 Å². The number of likely N-dealkylation sites (N-methyl/N-ethyl adjacent to an activating group) is 1. The van der Waals surface area contributed by atoms with Crippen molar-refractivity contribution < 1.29 is 18.8 Å². The van der Waals surface area contributed by atoms with E-state index >= 15 is 0 Å². The highest BCUT2D eigenvalue weighted by Crippen LogP contribution is 2.27. The summed E-state index contributed by atoms with van der Waals surface area (Å²) in [5.74, 6) is 0.387. The van der Waals surface area contributed by atoms with Gasteiger partial charge in [0.1, 0.15) is 5.75 Å². The van der Waals surface area contributed by atoms with Crippen molar-refractivity contribution in [2.75, 3.05) is 51.1 Å². The minimum absolute atomic E-state index is 0.0255. The highest BCUT2D eigenvalue weighted by Gasteiger charge is 2.25. The molecule has 0 unspecified atom stereocenters.